The number of piperidine rings is 1. The van der Waals surface area contributed by atoms with Crippen molar-refractivity contribution in [2.24, 2.45) is 5.92 Å². The minimum absolute atomic E-state index is 0.0635. The lowest BCUT2D eigenvalue weighted by molar-refractivity contribution is -0.203. The summed E-state index contributed by atoms with van der Waals surface area (Å²) in [6.07, 6.45) is -9.95. The number of rotatable bonds is 0. The first-order valence-electron chi connectivity index (χ1n) is 4.55. The Balaban J connectivity index is 2.68. The van der Waals surface area contributed by atoms with E-state index in [9.17, 15) is 31.1 Å². The van der Waals surface area contributed by atoms with E-state index >= 15 is 0 Å². The van der Waals surface area contributed by atoms with Gasteiger partial charge in [0.05, 0.1) is 5.92 Å². The fourth-order valence-corrected chi connectivity index (χ4v) is 1.61. The summed E-state index contributed by atoms with van der Waals surface area (Å²) < 4.78 is 72.7. The van der Waals surface area contributed by atoms with Gasteiger partial charge < -0.3 is 4.90 Å². The molecule has 16 heavy (non-hydrogen) atoms. The summed E-state index contributed by atoms with van der Waals surface area (Å²) in [7, 11) is 0. The molecule has 1 aliphatic heterocycles. The van der Waals surface area contributed by atoms with Crippen LogP contribution in [0, 0.1) is 5.92 Å². The van der Waals surface area contributed by atoms with Gasteiger partial charge in [0.1, 0.15) is 0 Å². The molecule has 0 radical (unpaired) electrons. The van der Waals surface area contributed by atoms with Gasteiger partial charge >= 0.3 is 18.3 Å². The summed E-state index contributed by atoms with van der Waals surface area (Å²) in [6, 6.07) is 0. The van der Waals surface area contributed by atoms with Crippen LogP contribution in [0.2, 0.25) is 0 Å². The van der Waals surface area contributed by atoms with Gasteiger partial charge in [-0.25, -0.2) is 0 Å². The third kappa shape index (κ3) is 3.02. The molecule has 1 fully saturated rings. The van der Waals surface area contributed by atoms with Crippen molar-refractivity contribution in [1.82, 2.24) is 4.90 Å². The molecule has 2 nitrogen and oxygen atoms in total. The molecule has 0 saturated carbocycles. The van der Waals surface area contributed by atoms with E-state index in [0.29, 0.717) is 0 Å². The summed E-state index contributed by atoms with van der Waals surface area (Å²) in [6.45, 7) is -1.17. The zero-order chi connectivity index (χ0) is 12.6. The number of carbonyl (C=O) groups is 1. The molecule has 8 heteroatoms. The number of hydrogen-bond donors (Lipinski definition) is 0. The molecule has 0 aromatic heterocycles. The molecule has 1 saturated heterocycles. The highest BCUT2D eigenvalue weighted by Gasteiger charge is 2.48. The second-order valence-electron chi connectivity index (χ2n) is 3.63. The van der Waals surface area contributed by atoms with Crippen LogP contribution >= 0.6 is 0 Å². The molecule has 0 spiro atoms. The second kappa shape index (κ2) is 4.14. The van der Waals surface area contributed by atoms with Crippen LogP contribution in [0.1, 0.15) is 12.8 Å². The molecule has 1 rings (SSSR count). The zero-order valence-electron chi connectivity index (χ0n) is 8.03. The van der Waals surface area contributed by atoms with Crippen LogP contribution in [-0.4, -0.2) is 36.2 Å². The molecule has 0 N–H and O–H groups in total. The molecule has 1 heterocycles. The molecule has 94 valence electrons. The lowest BCUT2D eigenvalue weighted by Gasteiger charge is -2.33. The Kier molecular flexibility index (Phi) is 3.39. The molecule has 1 amide bonds. The summed E-state index contributed by atoms with van der Waals surface area (Å²) in [4.78, 5) is 10.9. The van der Waals surface area contributed by atoms with Gasteiger partial charge in [-0.1, -0.05) is 0 Å². The highest BCUT2D eigenvalue weighted by molar-refractivity contribution is 5.81. The zero-order valence-corrected chi connectivity index (χ0v) is 8.03. The van der Waals surface area contributed by atoms with Crippen LogP contribution in [0.25, 0.3) is 0 Å². The quantitative estimate of drug-likeness (QED) is 0.603. The maximum absolute atomic E-state index is 12.3. The highest BCUT2D eigenvalue weighted by Crippen LogP contribution is 2.34. The minimum Gasteiger partial charge on any atom is -0.334 e. The normalized spacial score (nSPS) is 23.4. The van der Waals surface area contributed by atoms with Crippen LogP contribution in [0.5, 0.6) is 0 Å². The average molecular weight is 249 g/mol. The van der Waals surface area contributed by atoms with Crippen molar-refractivity contribution in [3.8, 4) is 0 Å². The number of amides is 1. The van der Waals surface area contributed by atoms with Crippen LogP contribution in [0.15, 0.2) is 0 Å². The first kappa shape index (κ1) is 13.1. The summed E-state index contributed by atoms with van der Waals surface area (Å²) >= 11 is 0. The largest absolute Gasteiger partial charge is 0.471 e. The molecule has 1 atom stereocenters. The van der Waals surface area contributed by atoms with Crippen molar-refractivity contribution >= 4 is 5.91 Å². The van der Waals surface area contributed by atoms with E-state index < -0.39 is 30.7 Å². The lowest BCUT2D eigenvalue weighted by atomic mass is 9.97. The van der Waals surface area contributed by atoms with E-state index in [0.717, 1.165) is 0 Å². The number of halogens is 6. The van der Waals surface area contributed by atoms with Gasteiger partial charge in [-0.15, -0.1) is 0 Å². The number of alkyl halides is 6. The lowest BCUT2D eigenvalue weighted by Crippen LogP contribution is -2.49. The third-order valence-corrected chi connectivity index (χ3v) is 2.41. The Morgan fingerprint density at radius 1 is 1.12 bits per heavy atom. The first-order chi connectivity index (χ1) is 7.12. The van der Waals surface area contributed by atoms with Crippen LogP contribution in [0.4, 0.5) is 26.3 Å². The van der Waals surface area contributed by atoms with Gasteiger partial charge in [0.2, 0.25) is 0 Å². The van der Waals surface area contributed by atoms with E-state index in [1.54, 1.807) is 0 Å². The van der Waals surface area contributed by atoms with Crippen molar-refractivity contribution in [1.29, 1.82) is 0 Å². The van der Waals surface area contributed by atoms with E-state index in [2.05, 4.69) is 0 Å². The number of hydrogen-bond acceptors (Lipinski definition) is 1. The topological polar surface area (TPSA) is 20.3 Å². The average Bonchev–Trinajstić information content (AvgIpc) is 2.14. The van der Waals surface area contributed by atoms with Crippen molar-refractivity contribution in [2.75, 3.05) is 13.1 Å². The van der Waals surface area contributed by atoms with E-state index in [4.69, 9.17) is 0 Å². The summed E-state index contributed by atoms with van der Waals surface area (Å²) in [5.41, 5.74) is 0. The van der Waals surface area contributed by atoms with Gasteiger partial charge in [-0.2, -0.15) is 26.3 Å². The molecule has 0 aromatic carbocycles. The van der Waals surface area contributed by atoms with Gasteiger partial charge in [0, 0.05) is 13.1 Å². The smallest absolute Gasteiger partial charge is 0.334 e. The summed E-state index contributed by atoms with van der Waals surface area (Å²) in [5, 5.41) is 0. The molecule has 1 aliphatic rings. The molecular formula is C8H9F6NO. The predicted octanol–water partition coefficient (Wildman–Crippen LogP) is 2.35. The Morgan fingerprint density at radius 3 is 2.12 bits per heavy atom. The van der Waals surface area contributed by atoms with Crippen LogP contribution in [0.3, 0.4) is 0 Å². The van der Waals surface area contributed by atoms with Crippen LogP contribution in [-0.2, 0) is 4.79 Å². The van der Waals surface area contributed by atoms with Crippen molar-refractivity contribution in [3.63, 3.8) is 0 Å². The van der Waals surface area contributed by atoms with E-state index in [-0.39, 0.29) is 24.3 Å². The maximum atomic E-state index is 12.3. The molecule has 0 aliphatic carbocycles. The van der Waals surface area contributed by atoms with Gasteiger partial charge in [-0.3, -0.25) is 4.79 Å². The Hall–Kier alpha value is -0.950. The molecule has 0 bridgehead atoms. The number of carbonyl (C=O) groups excluding carboxylic acids is 1. The van der Waals surface area contributed by atoms with Crippen LogP contribution < -0.4 is 0 Å². The Bertz CT molecular complexity index is 271. The van der Waals surface area contributed by atoms with E-state index in [1.165, 1.54) is 0 Å². The van der Waals surface area contributed by atoms with E-state index in [1.807, 2.05) is 0 Å². The molecule has 1 unspecified atom stereocenters. The maximum Gasteiger partial charge on any atom is 0.471 e. The minimum atomic E-state index is -5.10. The van der Waals surface area contributed by atoms with Crippen molar-refractivity contribution in [2.45, 2.75) is 25.2 Å². The SMILES string of the molecule is O=C(N1CCCC(C(F)(F)F)C1)C(F)(F)F. The van der Waals surface area contributed by atoms with Gasteiger partial charge in [0.15, 0.2) is 0 Å². The number of likely N-dealkylation sites (tertiary alicyclic amines) is 1. The monoisotopic (exact) mass is 249 g/mol. The molecule has 0 aromatic rings. The predicted molar refractivity (Wildman–Crippen MR) is 41.4 cm³/mol. The summed E-state index contributed by atoms with van der Waals surface area (Å²) in [5.74, 6) is -4.05. The standard InChI is InChI=1S/C8H9F6NO/c9-7(10,11)5-2-1-3-15(4-5)6(16)8(12,13)14/h5H,1-4H2. The fourth-order valence-electron chi connectivity index (χ4n) is 1.61. The van der Waals surface area contributed by atoms with Crippen molar-refractivity contribution < 1.29 is 31.1 Å². The van der Waals surface area contributed by atoms with Gasteiger partial charge in [-0.05, 0) is 12.8 Å². The Morgan fingerprint density at radius 2 is 1.69 bits per heavy atom. The Labute approximate surface area is 87.2 Å². The number of nitrogens with zero attached hydrogens (tertiary/aromatic N) is 1. The third-order valence-electron chi connectivity index (χ3n) is 2.41. The van der Waals surface area contributed by atoms with Gasteiger partial charge in [0.25, 0.3) is 0 Å². The molecular weight excluding hydrogens is 240 g/mol. The second-order valence-corrected chi connectivity index (χ2v) is 3.63. The highest BCUT2D eigenvalue weighted by atomic mass is 19.4. The fraction of sp³-hybridized carbons (Fsp3) is 0.875. The van der Waals surface area contributed by atoms with Crippen molar-refractivity contribution in [3.05, 3.63) is 0 Å². The first-order valence-corrected chi connectivity index (χ1v) is 4.55.